The minimum atomic E-state index is -0.532. The van der Waals surface area contributed by atoms with Crippen molar-refractivity contribution in [3.63, 3.8) is 0 Å². The molecular weight excluding hydrogens is 368 g/mol. The summed E-state index contributed by atoms with van der Waals surface area (Å²) in [5.74, 6) is -0.322. The van der Waals surface area contributed by atoms with Gasteiger partial charge in [-0.3, -0.25) is 4.84 Å². The Balaban J connectivity index is 1.28. The number of carbonyl (C=O) groups excluding carboxylic acids is 2. The topological polar surface area (TPSA) is 59.1 Å². The predicted molar refractivity (Wildman–Crippen MR) is 105 cm³/mol. The van der Waals surface area contributed by atoms with E-state index in [2.05, 4.69) is 0 Å². The summed E-state index contributed by atoms with van der Waals surface area (Å²) in [5, 5.41) is 1.52. The molecule has 3 aliphatic rings. The number of rotatable bonds is 6. The summed E-state index contributed by atoms with van der Waals surface area (Å²) in [7, 11) is 0. The highest BCUT2D eigenvalue weighted by molar-refractivity contribution is 5.86. The quantitative estimate of drug-likeness (QED) is 0.706. The molecule has 3 fully saturated rings. The molecule has 0 radical (unpaired) electrons. The zero-order valence-electron chi connectivity index (χ0n) is 16.2. The van der Waals surface area contributed by atoms with Gasteiger partial charge in [0.05, 0.1) is 6.04 Å². The summed E-state index contributed by atoms with van der Waals surface area (Å²) in [6.07, 6.45) is 2.70. The SMILES string of the molecule is O=C(OCc1ccccc1)[C@H]1CC2(CC2)[C@H]2CN1C(=O)N2OCc1ccccc1. The zero-order valence-corrected chi connectivity index (χ0v) is 16.2. The maximum atomic E-state index is 13.0. The smallest absolute Gasteiger partial charge is 0.345 e. The van der Waals surface area contributed by atoms with Gasteiger partial charge in [0.2, 0.25) is 0 Å². The second-order valence-corrected chi connectivity index (χ2v) is 8.21. The van der Waals surface area contributed by atoms with Crippen molar-refractivity contribution < 1.29 is 19.2 Å². The van der Waals surface area contributed by atoms with Gasteiger partial charge in [0.1, 0.15) is 19.3 Å². The summed E-state index contributed by atoms with van der Waals surface area (Å²) >= 11 is 0. The van der Waals surface area contributed by atoms with E-state index in [1.165, 1.54) is 5.06 Å². The first-order chi connectivity index (χ1) is 14.2. The fraction of sp³-hybridized carbons (Fsp3) is 0.391. The molecule has 2 heterocycles. The lowest BCUT2D eigenvalue weighted by Gasteiger charge is -2.35. The molecule has 1 aliphatic carbocycles. The molecule has 0 aromatic heterocycles. The van der Waals surface area contributed by atoms with Gasteiger partial charge in [0.15, 0.2) is 0 Å². The van der Waals surface area contributed by atoms with Crippen molar-refractivity contribution in [2.75, 3.05) is 6.54 Å². The normalized spacial score (nSPS) is 24.1. The van der Waals surface area contributed by atoms with Crippen LogP contribution in [0.1, 0.15) is 30.4 Å². The van der Waals surface area contributed by atoms with E-state index in [4.69, 9.17) is 9.57 Å². The number of piperidine rings is 1. The lowest BCUT2D eigenvalue weighted by atomic mass is 9.85. The largest absolute Gasteiger partial charge is 0.459 e. The monoisotopic (exact) mass is 392 g/mol. The zero-order chi connectivity index (χ0) is 19.8. The number of hydroxylamine groups is 2. The van der Waals surface area contributed by atoms with E-state index in [1.807, 2.05) is 60.7 Å². The predicted octanol–water partition coefficient (Wildman–Crippen LogP) is 3.52. The van der Waals surface area contributed by atoms with Crippen LogP contribution in [0.5, 0.6) is 0 Å². The average molecular weight is 392 g/mol. The van der Waals surface area contributed by atoms with Crippen molar-refractivity contribution in [2.24, 2.45) is 5.41 Å². The Morgan fingerprint density at radius 2 is 1.59 bits per heavy atom. The highest BCUT2D eigenvalue weighted by atomic mass is 16.7. The van der Waals surface area contributed by atoms with Crippen molar-refractivity contribution in [3.8, 4) is 0 Å². The van der Waals surface area contributed by atoms with E-state index in [1.54, 1.807) is 4.90 Å². The molecule has 2 aromatic rings. The number of fused-ring (bicyclic) bond motifs is 3. The molecule has 29 heavy (non-hydrogen) atoms. The molecule has 2 aliphatic heterocycles. The highest BCUT2D eigenvalue weighted by Gasteiger charge is 2.64. The Labute approximate surface area is 170 Å². The number of hydrogen-bond acceptors (Lipinski definition) is 4. The molecule has 2 aromatic carbocycles. The van der Waals surface area contributed by atoms with Crippen LogP contribution in [0, 0.1) is 5.41 Å². The summed E-state index contributed by atoms with van der Waals surface area (Å²) in [4.78, 5) is 33.4. The molecule has 6 heteroatoms. The van der Waals surface area contributed by atoms with E-state index in [0.717, 1.165) is 24.0 Å². The Bertz CT molecular complexity index is 898. The van der Waals surface area contributed by atoms with Crippen LogP contribution in [-0.4, -0.2) is 40.6 Å². The summed E-state index contributed by atoms with van der Waals surface area (Å²) < 4.78 is 5.56. The van der Waals surface area contributed by atoms with Crippen LogP contribution in [0.4, 0.5) is 4.79 Å². The second-order valence-electron chi connectivity index (χ2n) is 8.21. The average Bonchev–Trinajstić information content (AvgIpc) is 3.47. The van der Waals surface area contributed by atoms with E-state index < -0.39 is 6.04 Å². The third kappa shape index (κ3) is 3.38. The Hall–Kier alpha value is -2.86. The number of urea groups is 1. The van der Waals surface area contributed by atoms with Crippen molar-refractivity contribution >= 4 is 12.0 Å². The van der Waals surface area contributed by atoms with E-state index in [9.17, 15) is 9.59 Å². The maximum absolute atomic E-state index is 13.0. The maximum Gasteiger partial charge on any atom is 0.345 e. The molecule has 2 amide bonds. The summed E-state index contributed by atoms with van der Waals surface area (Å²) in [6.45, 7) is 1.09. The van der Waals surface area contributed by atoms with Gasteiger partial charge < -0.3 is 9.64 Å². The fourth-order valence-corrected chi connectivity index (χ4v) is 4.53. The lowest BCUT2D eigenvalue weighted by Crippen LogP contribution is -2.49. The van der Waals surface area contributed by atoms with Gasteiger partial charge in [-0.05, 0) is 35.8 Å². The number of hydrogen-bond donors (Lipinski definition) is 0. The minimum absolute atomic E-state index is 0.0110. The summed E-state index contributed by atoms with van der Waals surface area (Å²) in [6, 6.07) is 18.7. The van der Waals surface area contributed by atoms with E-state index >= 15 is 0 Å². The van der Waals surface area contributed by atoms with Gasteiger partial charge in [-0.25, -0.2) is 9.59 Å². The number of esters is 1. The minimum Gasteiger partial charge on any atom is -0.459 e. The van der Waals surface area contributed by atoms with Gasteiger partial charge in [-0.2, -0.15) is 5.06 Å². The number of carbonyl (C=O) groups is 2. The lowest BCUT2D eigenvalue weighted by molar-refractivity contribution is -0.157. The third-order valence-electron chi connectivity index (χ3n) is 6.37. The van der Waals surface area contributed by atoms with Crippen molar-refractivity contribution in [3.05, 3.63) is 71.8 Å². The van der Waals surface area contributed by atoms with Crippen molar-refractivity contribution in [1.29, 1.82) is 0 Å². The first-order valence-corrected chi connectivity index (χ1v) is 10.1. The van der Waals surface area contributed by atoms with Crippen LogP contribution in [0.2, 0.25) is 0 Å². The van der Waals surface area contributed by atoms with Crippen LogP contribution in [0.15, 0.2) is 60.7 Å². The van der Waals surface area contributed by atoms with Gasteiger partial charge in [-0.1, -0.05) is 60.7 Å². The molecule has 1 saturated carbocycles. The standard InChI is InChI=1S/C23H24N2O4/c26-21(28-15-17-7-3-1-4-8-17)19-13-23(11-12-23)20-14-24(19)22(27)25(20)29-16-18-9-5-2-6-10-18/h1-10,19-20H,11-16H2/t19-,20-/m1/s1. The first kappa shape index (κ1) is 18.2. The van der Waals surface area contributed by atoms with Crippen molar-refractivity contribution in [2.45, 2.75) is 44.6 Å². The molecule has 150 valence electrons. The number of benzene rings is 2. The number of nitrogens with zero attached hydrogens (tertiary/aromatic N) is 2. The number of ether oxygens (including phenoxy) is 1. The first-order valence-electron chi connectivity index (χ1n) is 10.1. The molecule has 2 saturated heterocycles. The molecule has 5 rings (SSSR count). The van der Waals surface area contributed by atoms with Crippen LogP contribution >= 0.6 is 0 Å². The molecule has 2 atom stereocenters. The van der Waals surface area contributed by atoms with E-state index in [0.29, 0.717) is 19.6 Å². The van der Waals surface area contributed by atoms with Gasteiger partial charge >= 0.3 is 12.0 Å². The third-order valence-corrected chi connectivity index (χ3v) is 6.37. The van der Waals surface area contributed by atoms with E-state index in [-0.39, 0.29) is 30.1 Å². The van der Waals surface area contributed by atoms with Crippen LogP contribution in [-0.2, 0) is 27.6 Å². The Kier molecular flexibility index (Phi) is 4.51. The molecule has 0 N–H and O–H groups in total. The Morgan fingerprint density at radius 3 is 2.21 bits per heavy atom. The highest BCUT2D eigenvalue weighted by Crippen LogP contribution is 2.59. The fourth-order valence-electron chi connectivity index (χ4n) is 4.53. The van der Waals surface area contributed by atoms with Gasteiger partial charge in [-0.15, -0.1) is 0 Å². The molecule has 6 nitrogen and oxygen atoms in total. The van der Waals surface area contributed by atoms with Crippen LogP contribution in [0.3, 0.4) is 0 Å². The molecular formula is C23H24N2O4. The molecule has 1 spiro atoms. The molecule has 2 bridgehead atoms. The summed E-state index contributed by atoms with van der Waals surface area (Å²) in [5.41, 5.74) is 1.94. The Morgan fingerprint density at radius 1 is 0.966 bits per heavy atom. The second kappa shape index (κ2) is 7.19. The van der Waals surface area contributed by atoms with Gasteiger partial charge in [0.25, 0.3) is 0 Å². The van der Waals surface area contributed by atoms with Crippen LogP contribution < -0.4 is 0 Å². The molecule has 0 unspecified atom stereocenters. The number of amides is 2. The van der Waals surface area contributed by atoms with Crippen molar-refractivity contribution in [1.82, 2.24) is 9.96 Å². The van der Waals surface area contributed by atoms with Gasteiger partial charge in [0, 0.05) is 6.54 Å². The van der Waals surface area contributed by atoms with Crippen LogP contribution in [0.25, 0.3) is 0 Å².